The van der Waals surface area contributed by atoms with Crippen LogP contribution in [0.2, 0.25) is 0 Å². The minimum absolute atomic E-state index is 0.0277. The molecule has 0 unspecified atom stereocenters. The Balaban J connectivity index is 1.39. The zero-order chi connectivity index (χ0) is 17.2. The molecule has 2 N–H and O–H groups in total. The van der Waals surface area contributed by atoms with Gasteiger partial charge in [0, 0.05) is 12.7 Å². The fraction of sp³-hybridized carbons (Fsp3) is 0.312. The van der Waals surface area contributed by atoms with Crippen LogP contribution in [0.15, 0.2) is 30.7 Å². The first-order valence-corrected chi connectivity index (χ1v) is 7.77. The summed E-state index contributed by atoms with van der Waals surface area (Å²) >= 11 is 0. The molecule has 4 rings (SSSR count). The number of imidazole rings is 1. The lowest BCUT2D eigenvalue weighted by Gasteiger charge is -2.20. The Labute approximate surface area is 142 Å². The Kier molecular flexibility index (Phi) is 3.88. The van der Waals surface area contributed by atoms with Gasteiger partial charge in [0.25, 0.3) is 0 Å². The molecule has 130 valence electrons. The average molecular weight is 344 g/mol. The van der Waals surface area contributed by atoms with Gasteiger partial charge < -0.3 is 24.5 Å². The lowest BCUT2D eigenvalue weighted by atomic mass is 10.2. The van der Waals surface area contributed by atoms with Crippen molar-refractivity contribution < 1.29 is 23.8 Å². The third-order valence-corrected chi connectivity index (χ3v) is 4.08. The van der Waals surface area contributed by atoms with Gasteiger partial charge in [-0.15, -0.1) is 0 Å². The van der Waals surface area contributed by atoms with Crippen molar-refractivity contribution in [2.24, 2.45) is 0 Å². The van der Waals surface area contributed by atoms with E-state index in [1.807, 2.05) is 12.1 Å². The topological polar surface area (TPSA) is 106 Å². The molecule has 0 saturated carbocycles. The first-order chi connectivity index (χ1) is 12.2. The first kappa shape index (κ1) is 15.3. The number of amides is 2. The number of fused-ring (bicyclic) bond motifs is 1. The van der Waals surface area contributed by atoms with Crippen molar-refractivity contribution in [2.45, 2.75) is 19.1 Å². The summed E-state index contributed by atoms with van der Waals surface area (Å²) in [5.41, 5.74) is 1.61. The maximum Gasteiger partial charge on any atom is 0.411 e. The van der Waals surface area contributed by atoms with Crippen LogP contribution in [-0.2, 0) is 22.6 Å². The standard InChI is InChI=1S/C16H16N4O5/c21-15(18-4-10-1-2-13-14(3-10)25-9-24-13)12-7-23-16(22)20(12)6-11-5-17-8-19-11/h1-3,5,8,12H,4,6-7,9H2,(H,17,19)(H,18,21)/t12-/m0/s1. The summed E-state index contributed by atoms with van der Waals surface area (Å²) < 4.78 is 15.6. The van der Waals surface area contributed by atoms with E-state index in [2.05, 4.69) is 15.3 Å². The molecule has 2 aromatic rings. The largest absolute Gasteiger partial charge is 0.454 e. The van der Waals surface area contributed by atoms with Gasteiger partial charge in [-0.1, -0.05) is 6.07 Å². The van der Waals surface area contributed by atoms with E-state index in [4.69, 9.17) is 14.2 Å². The number of H-pyrrole nitrogens is 1. The van der Waals surface area contributed by atoms with Gasteiger partial charge in [-0.05, 0) is 17.7 Å². The molecule has 9 heteroatoms. The second-order valence-corrected chi connectivity index (χ2v) is 5.70. The number of aromatic nitrogens is 2. The molecule has 2 aliphatic heterocycles. The summed E-state index contributed by atoms with van der Waals surface area (Å²) in [6.45, 7) is 0.786. The van der Waals surface area contributed by atoms with Crippen LogP contribution in [0, 0.1) is 0 Å². The molecule has 9 nitrogen and oxygen atoms in total. The molecule has 25 heavy (non-hydrogen) atoms. The number of nitrogens with one attached hydrogen (secondary N) is 2. The highest BCUT2D eigenvalue weighted by molar-refractivity contribution is 5.87. The third-order valence-electron chi connectivity index (χ3n) is 4.08. The Hall–Kier alpha value is -3.23. The molecule has 0 bridgehead atoms. The second kappa shape index (κ2) is 6.34. The number of rotatable bonds is 5. The molecule has 2 amide bonds. The van der Waals surface area contributed by atoms with Crippen LogP contribution in [0.1, 0.15) is 11.3 Å². The van der Waals surface area contributed by atoms with E-state index in [9.17, 15) is 9.59 Å². The molecule has 1 aromatic heterocycles. The molecule has 0 radical (unpaired) electrons. The fourth-order valence-electron chi connectivity index (χ4n) is 2.75. The first-order valence-electron chi connectivity index (χ1n) is 7.77. The molecule has 0 spiro atoms. The minimum atomic E-state index is -0.676. The summed E-state index contributed by atoms with van der Waals surface area (Å²) in [4.78, 5) is 32.5. The van der Waals surface area contributed by atoms with E-state index in [0.717, 1.165) is 11.3 Å². The number of hydrogen-bond acceptors (Lipinski definition) is 6. The van der Waals surface area contributed by atoms with E-state index in [1.54, 1.807) is 12.3 Å². The van der Waals surface area contributed by atoms with Crippen molar-refractivity contribution in [3.63, 3.8) is 0 Å². The summed E-state index contributed by atoms with van der Waals surface area (Å²) in [7, 11) is 0. The van der Waals surface area contributed by atoms with Crippen molar-refractivity contribution in [1.29, 1.82) is 0 Å². The van der Waals surface area contributed by atoms with E-state index in [-0.39, 0.29) is 25.9 Å². The molecular formula is C16H16N4O5. The molecule has 1 aromatic carbocycles. The number of nitrogens with zero attached hydrogens (tertiary/aromatic N) is 2. The lowest BCUT2D eigenvalue weighted by molar-refractivity contribution is -0.125. The van der Waals surface area contributed by atoms with Gasteiger partial charge in [0.05, 0.1) is 18.6 Å². The summed E-state index contributed by atoms with van der Waals surface area (Å²) in [6.07, 6.45) is 2.61. The minimum Gasteiger partial charge on any atom is -0.454 e. The number of cyclic esters (lactones) is 1. The van der Waals surface area contributed by atoms with Crippen molar-refractivity contribution in [1.82, 2.24) is 20.2 Å². The van der Waals surface area contributed by atoms with Gasteiger partial charge in [0.1, 0.15) is 12.6 Å². The number of carbonyl (C=O) groups is 2. The Morgan fingerprint density at radius 2 is 2.20 bits per heavy atom. The van der Waals surface area contributed by atoms with Gasteiger partial charge in [-0.3, -0.25) is 9.69 Å². The number of benzene rings is 1. The average Bonchev–Trinajstić information content (AvgIpc) is 3.35. The molecule has 1 fully saturated rings. The maximum absolute atomic E-state index is 12.5. The zero-order valence-corrected chi connectivity index (χ0v) is 13.2. The van der Waals surface area contributed by atoms with Crippen LogP contribution in [-0.4, -0.2) is 46.3 Å². The van der Waals surface area contributed by atoms with Gasteiger partial charge >= 0.3 is 6.09 Å². The Morgan fingerprint density at radius 1 is 1.32 bits per heavy atom. The molecular weight excluding hydrogens is 328 g/mol. The molecule has 1 saturated heterocycles. The highest BCUT2D eigenvalue weighted by Gasteiger charge is 2.38. The van der Waals surface area contributed by atoms with Crippen LogP contribution in [0.3, 0.4) is 0 Å². The Bertz CT molecular complexity index is 792. The molecule has 2 aliphatic rings. The van der Waals surface area contributed by atoms with E-state index in [0.29, 0.717) is 18.0 Å². The third kappa shape index (κ3) is 3.08. The van der Waals surface area contributed by atoms with Crippen LogP contribution >= 0.6 is 0 Å². The van der Waals surface area contributed by atoms with E-state index < -0.39 is 12.1 Å². The molecule has 3 heterocycles. The number of hydrogen-bond donors (Lipinski definition) is 2. The highest BCUT2D eigenvalue weighted by Crippen LogP contribution is 2.32. The quantitative estimate of drug-likeness (QED) is 0.830. The predicted molar refractivity (Wildman–Crippen MR) is 83.7 cm³/mol. The van der Waals surface area contributed by atoms with Crippen molar-refractivity contribution in [3.8, 4) is 11.5 Å². The predicted octanol–water partition coefficient (Wildman–Crippen LogP) is 0.776. The second-order valence-electron chi connectivity index (χ2n) is 5.70. The zero-order valence-electron chi connectivity index (χ0n) is 13.2. The van der Waals surface area contributed by atoms with Crippen LogP contribution < -0.4 is 14.8 Å². The lowest BCUT2D eigenvalue weighted by Crippen LogP contribution is -2.45. The van der Waals surface area contributed by atoms with Crippen molar-refractivity contribution in [3.05, 3.63) is 42.0 Å². The number of ether oxygens (including phenoxy) is 3. The van der Waals surface area contributed by atoms with Crippen LogP contribution in [0.4, 0.5) is 4.79 Å². The van der Waals surface area contributed by atoms with Gasteiger partial charge in [-0.25, -0.2) is 9.78 Å². The van der Waals surface area contributed by atoms with Crippen LogP contribution in [0.25, 0.3) is 0 Å². The normalized spacial score (nSPS) is 18.3. The summed E-state index contributed by atoms with van der Waals surface area (Å²) in [5.74, 6) is 1.07. The number of carbonyl (C=O) groups excluding carboxylic acids is 2. The fourth-order valence-corrected chi connectivity index (χ4v) is 2.75. The van der Waals surface area contributed by atoms with E-state index >= 15 is 0 Å². The Morgan fingerprint density at radius 3 is 3.04 bits per heavy atom. The molecule has 0 aliphatic carbocycles. The van der Waals surface area contributed by atoms with E-state index in [1.165, 1.54) is 11.2 Å². The SMILES string of the molecule is O=C(NCc1ccc2c(c1)OCO2)[C@@H]1COC(=O)N1Cc1cnc[nH]1. The van der Waals surface area contributed by atoms with Crippen molar-refractivity contribution >= 4 is 12.0 Å². The highest BCUT2D eigenvalue weighted by atomic mass is 16.7. The van der Waals surface area contributed by atoms with Gasteiger partial charge in [0.15, 0.2) is 11.5 Å². The summed E-state index contributed by atoms with van der Waals surface area (Å²) in [5, 5.41) is 2.83. The number of aromatic amines is 1. The maximum atomic E-state index is 12.5. The van der Waals surface area contributed by atoms with Crippen molar-refractivity contribution in [2.75, 3.05) is 13.4 Å². The monoisotopic (exact) mass is 344 g/mol. The van der Waals surface area contributed by atoms with Gasteiger partial charge in [0.2, 0.25) is 12.7 Å². The smallest absolute Gasteiger partial charge is 0.411 e. The van der Waals surface area contributed by atoms with Gasteiger partial charge in [-0.2, -0.15) is 0 Å². The molecule has 1 atom stereocenters. The van der Waals surface area contributed by atoms with Crippen LogP contribution in [0.5, 0.6) is 11.5 Å². The summed E-state index contributed by atoms with van der Waals surface area (Å²) in [6, 6.07) is 4.80.